The van der Waals surface area contributed by atoms with Gasteiger partial charge < -0.3 is 10.6 Å². The Morgan fingerprint density at radius 1 is 0.288 bits per heavy atom. The zero-order valence-electron chi connectivity index (χ0n) is 28.2. The second-order valence-electron chi connectivity index (χ2n) is 13.8. The number of pyridine rings is 2. The highest BCUT2D eigenvalue weighted by Crippen LogP contribution is 2.55. The van der Waals surface area contributed by atoms with Gasteiger partial charge >= 0.3 is 0 Å². The molecule has 6 aromatic carbocycles. The lowest BCUT2D eigenvalue weighted by atomic mass is 9.82. The van der Waals surface area contributed by atoms with E-state index in [0.717, 1.165) is 45.3 Å². The molecule has 0 radical (unpaired) electrons. The van der Waals surface area contributed by atoms with Gasteiger partial charge in [0.15, 0.2) is 0 Å². The number of nitrogens with zero attached hydrogens (tertiary/aromatic N) is 2. The second kappa shape index (κ2) is 10.9. The molecule has 0 amide bonds. The maximum absolute atomic E-state index is 5.62. The Hall–Kier alpha value is -6.78. The topological polar surface area (TPSA) is 49.8 Å². The Morgan fingerprint density at radius 2 is 0.596 bits per heavy atom. The molecule has 0 fully saturated rings. The van der Waals surface area contributed by atoms with E-state index in [0.29, 0.717) is 0 Å². The number of fused-ring (bicyclic) bond motifs is 20. The fraction of sp³-hybridized carbons (Fsp3) is 0.0417. The largest absolute Gasteiger partial charge is 0.366 e. The summed E-state index contributed by atoms with van der Waals surface area (Å²) in [5, 5.41) is 8.31. The van der Waals surface area contributed by atoms with E-state index < -0.39 is 11.1 Å². The molecular weight excluding hydrogens is 633 g/mol. The fourth-order valence-electron chi connectivity index (χ4n) is 9.04. The zero-order valence-corrected chi connectivity index (χ0v) is 28.2. The van der Waals surface area contributed by atoms with Gasteiger partial charge in [0.1, 0.15) is 11.1 Å². The van der Waals surface area contributed by atoms with Crippen LogP contribution in [0.15, 0.2) is 182 Å². The van der Waals surface area contributed by atoms with Gasteiger partial charge in [-0.3, -0.25) is 0 Å². The van der Waals surface area contributed by atoms with E-state index in [1.54, 1.807) is 0 Å². The number of anilines is 2. The number of hydrogen-bond donors (Lipinski definition) is 2. The molecule has 2 spiro atoms. The van der Waals surface area contributed by atoms with Crippen LogP contribution < -0.4 is 10.6 Å². The van der Waals surface area contributed by atoms with Crippen LogP contribution in [0.1, 0.15) is 33.6 Å². The van der Waals surface area contributed by atoms with Crippen molar-refractivity contribution in [1.82, 2.24) is 9.97 Å². The first-order valence-electron chi connectivity index (χ1n) is 17.8. The van der Waals surface area contributed by atoms with Gasteiger partial charge in [-0.2, -0.15) is 0 Å². The van der Waals surface area contributed by atoms with Gasteiger partial charge in [0, 0.05) is 22.5 Å². The highest BCUT2D eigenvalue weighted by Gasteiger charge is 2.48. The van der Waals surface area contributed by atoms with Gasteiger partial charge in [-0.1, -0.05) is 146 Å². The van der Waals surface area contributed by atoms with Crippen LogP contribution >= 0.6 is 0 Å². The van der Waals surface area contributed by atoms with Crippen molar-refractivity contribution in [2.45, 2.75) is 11.1 Å². The van der Waals surface area contributed by atoms with Crippen molar-refractivity contribution in [3.63, 3.8) is 0 Å². The zero-order chi connectivity index (χ0) is 34.3. The number of nitrogens with one attached hydrogen (secondary N) is 2. The van der Waals surface area contributed by atoms with Gasteiger partial charge in [-0.25, -0.2) is 9.97 Å². The van der Waals surface area contributed by atoms with Gasteiger partial charge in [-0.15, -0.1) is 0 Å². The summed E-state index contributed by atoms with van der Waals surface area (Å²) in [6.45, 7) is 0. The van der Waals surface area contributed by atoms with Crippen molar-refractivity contribution in [2.24, 2.45) is 0 Å². The first-order chi connectivity index (χ1) is 25.8. The molecule has 2 aliphatic carbocycles. The highest BCUT2D eigenvalue weighted by atomic mass is 15.1. The van der Waals surface area contributed by atoms with Crippen molar-refractivity contribution in [2.75, 3.05) is 10.6 Å². The Kier molecular flexibility index (Phi) is 6.06. The summed E-state index contributed by atoms with van der Waals surface area (Å²) >= 11 is 0. The molecule has 0 unspecified atom stereocenters. The predicted molar refractivity (Wildman–Crippen MR) is 210 cm³/mol. The van der Waals surface area contributed by atoms with Gasteiger partial charge in [0.25, 0.3) is 0 Å². The van der Waals surface area contributed by atoms with E-state index in [-0.39, 0.29) is 0 Å². The third-order valence-electron chi connectivity index (χ3n) is 11.2. The van der Waals surface area contributed by atoms with Crippen molar-refractivity contribution < 1.29 is 0 Å². The van der Waals surface area contributed by atoms with Crippen LogP contribution in [-0.2, 0) is 11.1 Å². The molecular formula is C48H32N4. The molecule has 0 saturated carbocycles. The highest BCUT2D eigenvalue weighted by molar-refractivity contribution is 5.90. The molecule has 4 heteroatoms. The average Bonchev–Trinajstić information content (AvgIpc) is 3.66. The van der Waals surface area contributed by atoms with E-state index in [4.69, 9.17) is 9.97 Å². The molecule has 3 heterocycles. The standard InChI is InChI=1S/C48H32N4/c1-7-21-37-31(15-1)32-16-2-8-22-38(32)47(37)45-29-13-27-41(49-45)36-20-6-12-26-44(36)52-48(39-23-9-3-17-33(39)34-18-4-10-24-40(34)48)46-30-14-28-42(50-46)35-19-5-11-25-43(35)51-47/h1-30,51-52H. The predicted octanol–water partition coefficient (Wildman–Crippen LogP) is 10.9. The van der Waals surface area contributed by atoms with Gasteiger partial charge in [-0.05, 0) is 80.9 Å². The Labute approximate surface area is 302 Å². The molecule has 0 saturated heterocycles. The van der Waals surface area contributed by atoms with Gasteiger partial charge in [0.2, 0.25) is 0 Å². The van der Waals surface area contributed by atoms with Crippen LogP contribution in [0.3, 0.4) is 0 Å². The molecule has 2 aromatic heterocycles. The molecule has 4 bridgehead atoms. The Bertz CT molecular complexity index is 2450. The molecule has 52 heavy (non-hydrogen) atoms. The van der Waals surface area contributed by atoms with Crippen LogP contribution in [0.5, 0.6) is 0 Å². The van der Waals surface area contributed by atoms with Crippen molar-refractivity contribution >= 4 is 11.4 Å². The molecule has 8 aromatic rings. The molecule has 0 atom stereocenters. The second-order valence-corrected chi connectivity index (χ2v) is 13.8. The Balaban J connectivity index is 1.26. The molecule has 3 aliphatic rings. The van der Waals surface area contributed by atoms with E-state index in [9.17, 15) is 0 Å². The average molecular weight is 665 g/mol. The van der Waals surface area contributed by atoms with E-state index in [2.05, 4.69) is 193 Å². The van der Waals surface area contributed by atoms with Crippen molar-refractivity contribution in [1.29, 1.82) is 0 Å². The molecule has 2 N–H and O–H groups in total. The number of benzene rings is 6. The van der Waals surface area contributed by atoms with Crippen molar-refractivity contribution in [3.05, 3.63) is 216 Å². The first-order valence-corrected chi connectivity index (χ1v) is 17.8. The van der Waals surface area contributed by atoms with E-state index >= 15 is 0 Å². The van der Waals surface area contributed by atoms with Crippen LogP contribution in [0, 0.1) is 0 Å². The summed E-state index contributed by atoms with van der Waals surface area (Å²) < 4.78 is 0. The summed E-state index contributed by atoms with van der Waals surface area (Å²) in [6.07, 6.45) is 0. The van der Waals surface area contributed by atoms with Crippen LogP contribution in [-0.4, -0.2) is 9.97 Å². The normalized spacial score (nSPS) is 14.8. The Morgan fingerprint density at radius 3 is 0.962 bits per heavy atom. The number of para-hydroxylation sites is 2. The quantitative estimate of drug-likeness (QED) is 0.169. The monoisotopic (exact) mass is 664 g/mol. The molecule has 4 nitrogen and oxygen atoms in total. The maximum Gasteiger partial charge on any atom is 0.132 e. The molecule has 1 aliphatic heterocycles. The van der Waals surface area contributed by atoms with Crippen LogP contribution in [0.2, 0.25) is 0 Å². The summed E-state index contributed by atoms with van der Waals surface area (Å²) in [7, 11) is 0. The van der Waals surface area contributed by atoms with Crippen LogP contribution in [0.4, 0.5) is 11.4 Å². The SMILES string of the molecule is c1cc2nc(c1)C1(Nc3ccccc3-c3cccc(n3)C3(Nc4ccccc4-2)c2ccccc2-c2ccccc23)c2ccccc2-c2ccccc21. The maximum atomic E-state index is 5.62. The fourth-order valence-corrected chi connectivity index (χ4v) is 9.04. The van der Waals surface area contributed by atoms with Gasteiger partial charge in [0.05, 0.1) is 22.8 Å². The third kappa shape index (κ3) is 3.86. The summed E-state index contributed by atoms with van der Waals surface area (Å²) in [4.78, 5) is 11.2. The number of hydrogen-bond acceptors (Lipinski definition) is 4. The lowest BCUT2D eigenvalue weighted by molar-refractivity contribution is 0.699. The number of rotatable bonds is 0. The summed E-state index contributed by atoms with van der Waals surface area (Å²) in [6, 6.07) is 65.0. The minimum Gasteiger partial charge on any atom is -0.366 e. The number of aromatic nitrogens is 2. The minimum absolute atomic E-state index is 0.770. The van der Waals surface area contributed by atoms with E-state index in [1.807, 2.05) is 0 Å². The summed E-state index contributed by atoms with van der Waals surface area (Å²) in [5.41, 5.74) is 15.6. The van der Waals surface area contributed by atoms with Crippen molar-refractivity contribution in [3.8, 4) is 44.8 Å². The molecule has 244 valence electrons. The van der Waals surface area contributed by atoms with E-state index in [1.165, 1.54) is 44.5 Å². The molecule has 11 rings (SSSR count). The third-order valence-corrected chi connectivity index (χ3v) is 11.2. The lowest BCUT2D eigenvalue weighted by Crippen LogP contribution is -2.38. The smallest absolute Gasteiger partial charge is 0.132 e. The lowest BCUT2D eigenvalue weighted by Gasteiger charge is -2.36. The first kappa shape index (κ1) is 29.0. The summed E-state index contributed by atoms with van der Waals surface area (Å²) in [5.74, 6) is 0. The minimum atomic E-state index is -0.770. The van der Waals surface area contributed by atoms with Crippen LogP contribution in [0.25, 0.3) is 44.8 Å².